The predicted octanol–water partition coefficient (Wildman–Crippen LogP) is -1.54. The van der Waals surface area contributed by atoms with Crippen LogP contribution in [-0.2, 0) is 0 Å². The molecule has 0 aromatic carbocycles. The van der Waals surface area contributed by atoms with Crippen LogP contribution in [0.15, 0.2) is 11.1 Å². The number of aliphatic hydroxyl groups is 4. The summed E-state index contributed by atoms with van der Waals surface area (Å²) in [5, 5.41) is 39.1. The minimum Gasteiger partial charge on any atom is -0.389 e. The van der Waals surface area contributed by atoms with Gasteiger partial charge in [0.2, 0.25) is 0 Å². The van der Waals surface area contributed by atoms with Gasteiger partial charge in [-0.05, 0) is 19.4 Å². The van der Waals surface area contributed by atoms with Crippen molar-refractivity contribution in [1.29, 1.82) is 0 Å². The highest BCUT2D eigenvalue weighted by Crippen LogP contribution is 2.32. The van der Waals surface area contributed by atoms with E-state index in [9.17, 15) is 20.4 Å². The van der Waals surface area contributed by atoms with E-state index < -0.39 is 30.5 Å². The lowest BCUT2D eigenvalue weighted by atomic mass is 9.91. The van der Waals surface area contributed by atoms with Crippen molar-refractivity contribution in [3.63, 3.8) is 0 Å². The Morgan fingerprint density at radius 2 is 1.75 bits per heavy atom. The van der Waals surface area contributed by atoms with Crippen LogP contribution in [0.4, 0.5) is 0 Å². The molecule has 0 saturated carbocycles. The molecular formula is C11H19NO4. The second kappa shape index (κ2) is 4.09. The Bertz CT molecular complexity index is 313. The molecule has 0 aromatic heterocycles. The van der Waals surface area contributed by atoms with Crippen LogP contribution in [0.5, 0.6) is 0 Å². The molecule has 2 rings (SSSR count). The molecule has 4 N–H and O–H groups in total. The van der Waals surface area contributed by atoms with Crippen molar-refractivity contribution in [1.82, 2.24) is 4.90 Å². The smallest absolute Gasteiger partial charge is 0.109 e. The van der Waals surface area contributed by atoms with Crippen molar-refractivity contribution in [2.45, 2.75) is 44.3 Å². The number of piperidine rings is 1. The maximum Gasteiger partial charge on any atom is 0.109 e. The SMILES string of the molecule is CC(C)=C1CN2CC(O)C(O)C(O)C2C1O. The van der Waals surface area contributed by atoms with Crippen LogP contribution in [0, 0.1) is 0 Å². The largest absolute Gasteiger partial charge is 0.389 e. The molecule has 5 atom stereocenters. The summed E-state index contributed by atoms with van der Waals surface area (Å²) in [5.41, 5.74) is 1.91. The predicted molar refractivity (Wildman–Crippen MR) is 57.8 cm³/mol. The molecule has 5 unspecified atom stereocenters. The molecule has 92 valence electrons. The minimum atomic E-state index is -1.17. The van der Waals surface area contributed by atoms with E-state index in [4.69, 9.17) is 0 Å². The van der Waals surface area contributed by atoms with Gasteiger partial charge in [-0.2, -0.15) is 0 Å². The van der Waals surface area contributed by atoms with Gasteiger partial charge in [0.25, 0.3) is 0 Å². The topological polar surface area (TPSA) is 84.2 Å². The Morgan fingerprint density at radius 3 is 2.31 bits per heavy atom. The zero-order valence-corrected chi connectivity index (χ0v) is 9.54. The first-order chi connectivity index (χ1) is 7.43. The summed E-state index contributed by atoms with van der Waals surface area (Å²) in [6.07, 6.45) is -3.97. The van der Waals surface area contributed by atoms with Crippen LogP contribution >= 0.6 is 0 Å². The zero-order valence-electron chi connectivity index (χ0n) is 9.54. The second-order valence-electron chi connectivity index (χ2n) is 4.94. The lowest BCUT2D eigenvalue weighted by Crippen LogP contribution is -2.61. The van der Waals surface area contributed by atoms with Gasteiger partial charge in [0.1, 0.15) is 12.2 Å². The highest BCUT2D eigenvalue weighted by molar-refractivity contribution is 5.26. The van der Waals surface area contributed by atoms with Crippen molar-refractivity contribution in [2.75, 3.05) is 13.1 Å². The summed E-state index contributed by atoms with van der Waals surface area (Å²) < 4.78 is 0. The molecule has 0 aliphatic carbocycles. The third-order valence-corrected chi connectivity index (χ3v) is 3.63. The van der Waals surface area contributed by atoms with Gasteiger partial charge in [-0.1, -0.05) is 5.57 Å². The summed E-state index contributed by atoms with van der Waals surface area (Å²) in [7, 11) is 0. The monoisotopic (exact) mass is 229 g/mol. The highest BCUT2D eigenvalue weighted by atomic mass is 16.4. The molecule has 0 spiro atoms. The number of nitrogens with zero attached hydrogens (tertiary/aromatic N) is 1. The maximum absolute atomic E-state index is 10.1. The lowest BCUT2D eigenvalue weighted by molar-refractivity contribution is -0.140. The quantitative estimate of drug-likeness (QED) is 0.379. The highest BCUT2D eigenvalue weighted by Gasteiger charge is 2.49. The number of rotatable bonds is 0. The Morgan fingerprint density at radius 1 is 1.12 bits per heavy atom. The Hall–Kier alpha value is -0.460. The third-order valence-electron chi connectivity index (χ3n) is 3.63. The van der Waals surface area contributed by atoms with E-state index in [0.29, 0.717) is 6.54 Å². The lowest BCUT2D eigenvalue weighted by Gasteiger charge is -2.40. The fraction of sp³-hybridized carbons (Fsp3) is 0.818. The molecule has 2 heterocycles. The van der Waals surface area contributed by atoms with E-state index in [-0.39, 0.29) is 6.54 Å². The van der Waals surface area contributed by atoms with Gasteiger partial charge in [0.15, 0.2) is 0 Å². The molecule has 0 amide bonds. The van der Waals surface area contributed by atoms with E-state index >= 15 is 0 Å². The molecule has 5 heteroatoms. The molecule has 2 aliphatic heterocycles. The second-order valence-corrected chi connectivity index (χ2v) is 4.94. The molecule has 2 fully saturated rings. The summed E-state index contributed by atoms with van der Waals surface area (Å²) in [5.74, 6) is 0. The van der Waals surface area contributed by atoms with Crippen LogP contribution in [0.1, 0.15) is 13.8 Å². The fourth-order valence-corrected chi connectivity index (χ4v) is 2.64. The van der Waals surface area contributed by atoms with Crippen molar-refractivity contribution in [2.24, 2.45) is 0 Å². The van der Waals surface area contributed by atoms with Crippen LogP contribution in [-0.4, -0.2) is 68.9 Å². The first-order valence-electron chi connectivity index (χ1n) is 5.56. The third kappa shape index (κ3) is 1.69. The summed E-state index contributed by atoms with van der Waals surface area (Å²) >= 11 is 0. The molecule has 2 aliphatic rings. The average Bonchev–Trinajstić information content (AvgIpc) is 2.52. The Kier molecular flexibility index (Phi) is 3.07. The molecule has 0 bridgehead atoms. The van der Waals surface area contributed by atoms with E-state index in [1.165, 1.54) is 0 Å². The standard InChI is InChI=1S/C11H19NO4/c1-5(2)6-3-12-4-7(13)10(15)11(16)8(12)9(6)14/h7-11,13-16H,3-4H2,1-2H3. The van der Waals surface area contributed by atoms with Gasteiger partial charge in [-0.25, -0.2) is 0 Å². The van der Waals surface area contributed by atoms with E-state index in [0.717, 1.165) is 11.1 Å². The normalized spacial score (nSPS) is 44.6. The van der Waals surface area contributed by atoms with Crippen LogP contribution in [0.2, 0.25) is 0 Å². The van der Waals surface area contributed by atoms with E-state index in [1.54, 1.807) is 0 Å². The van der Waals surface area contributed by atoms with Crippen molar-refractivity contribution in [3.05, 3.63) is 11.1 Å². The Balaban J connectivity index is 2.27. The molecule has 0 radical (unpaired) electrons. The van der Waals surface area contributed by atoms with Crippen LogP contribution < -0.4 is 0 Å². The van der Waals surface area contributed by atoms with Crippen molar-refractivity contribution < 1.29 is 20.4 Å². The summed E-state index contributed by atoms with van der Waals surface area (Å²) in [4.78, 5) is 1.83. The number of hydrogen-bond acceptors (Lipinski definition) is 5. The van der Waals surface area contributed by atoms with E-state index in [1.807, 2.05) is 18.7 Å². The van der Waals surface area contributed by atoms with Crippen molar-refractivity contribution in [3.8, 4) is 0 Å². The van der Waals surface area contributed by atoms with Crippen molar-refractivity contribution >= 4 is 0 Å². The first kappa shape index (κ1) is 12.0. The number of allylic oxidation sites excluding steroid dienone is 1. The van der Waals surface area contributed by atoms with Gasteiger partial charge < -0.3 is 20.4 Å². The molecule has 5 nitrogen and oxygen atoms in total. The number of aliphatic hydroxyl groups excluding tert-OH is 4. The van der Waals surface area contributed by atoms with Crippen LogP contribution in [0.3, 0.4) is 0 Å². The van der Waals surface area contributed by atoms with Gasteiger partial charge in [-0.15, -0.1) is 0 Å². The van der Waals surface area contributed by atoms with Crippen LogP contribution in [0.25, 0.3) is 0 Å². The van der Waals surface area contributed by atoms with Gasteiger partial charge in [0.05, 0.1) is 18.2 Å². The zero-order chi connectivity index (χ0) is 12.0. The van der Waals surface area contributed by atoms with Gasteiger partial charge in [-0.3, -0.25) is 4.90 Å². The fourth-order valence-electron chi connectivity index (χ4n) is 2.64. The average molecular weight is 229 g/mol. The Labute approximate surface area is 94.6 Å². The van der Waals surface area contributed by atoms with Gasteiger partial charge in [0, 0.05) is 13.1 Å². The van der Waals surface area contributed by atoms with Gasteiger partial charge >= 0.3 is 0 Å². The molecule has 0 aromatic rings. The summed E-state index contributed by atoms with van der Waals surface area (Å²) in [6.45, 7) is 4.66. The minimum absolute atomic E-state index is 0.288. The maximum atomic E-state index is 10.1. The van der Waals surface area contributed by atoms with E-state index in [2.05, 4.69) is 0 Å². The number of fused-ring (bicyclic) bond motifs is 1. The molecule has 16 heavy (non-hydrogen) atoms. The number of hydrogen-bond donors (Lipinski definition) is 4. The molecular weight excluding hydrogens is 210 g/mol. The first-order valence-corrected chi connectivity index (χ1v) is 5.56. The molecule has 2 saturated heterocycles. The summed E-state index contributed by atoms with van der Waals surface area (Å²) in [6, 6.07) is -0.497.